The van der Waals surface area contributed by atoms with Gasteiger partial charge in [0.2, 0.25) is 5.65 Å². The highest BCUT2D eigenvalue weighted by Crippen LogP contribution is 2.20. The second kappa shape index (κ2) is 7.90. The van der Waals surface area contributed by atoms with Crippen molar-refractivity contribution in [2.75, 3.05) is 13.1 Å². The minimum atomic E-state index is -0.146. The van der Waals surface area contributed by atoms with Crippen LogP contribution in [0, 0.1) is 5.92 Å². The molecule has 9 nitrogen and oxygen atoms in total. The summed E-state index contributed by atoms with van der Waals surface area (Å²) in [6.07, 6.45) is 7.27. The van der Waals surface area contributed by atoms with Crippen molar-refractivity contribution >= 4 is 5.65 Å². The summed E-state index contributed by atoms with van der Waals surface area (Å²) in [5, 5.41) is 8.27. The van der Waals surface area contributed by atoms with E-state index < -0.39 is 0 Å². The molecular formula is C20H27N7O2. The van der Waals surface area contributed by atoms with Gasteiger partial charge in [-0.2, -0.15) is 0 Å². The summed E-state index contributed by atoms with van der Waals surface area (Å²) in [5.41, 5.74) is 1.09. The Morgan fingerprint density at radius 2 is 1.90 bits per heavy atom. The average Bonchev–Trinajstić information content (AvgIpc) is 3.11. The van der Waals surface area contributed by atoms with Crippen LogP contribution in [0.1, 0.15) is 44.1 Å². The Kier molecular flexibility index (Phi) is 5.31. The fraction of sp³-hybridized carbons (Fsp3) is 0.550. The number of hydrogen-bond donors (Lipinski definition) is 0. The second-order valence-electron chi connectivity index (χ2n) is 8.20. The van der Waals surface area contributed by atoms with Gasteiger partial charge in [0.15, 0.2) is 5.82 Å². The smallest absolute Gasteiger partial charge is 0.295 e. The number of nitrogens with zero attached hydrogens (tertiary/aromatic N) is 7. The van der Waals surface area contributed by atoms with Crippen molar-refractivity contribution in [3.05, 3.63) is 57.0 Å². The largest absolute Gasteiger partial charge is 0.314 e. The van der Waals surface area contributed by atoms with Gasteiger partial charge in [-0.25, -0.2) is 4.98 Å². The van der Waals surface area contributed by atoms with Gasteiger partial charge in [0.25, 0.3) is 11.1 Å². The van der Waals surface area contributed by atoms with Crippen LogP contribution in [0.5, 0.6) is 0 Å². The lowest BCUT2D eigenvalue weighted by molar-refractivity contribution is 0.162. The Bertz CT molecular complexity index is 1120. The number of aromatic nitrogens is 6. The third kappa shape index (κ3) is 4.00. The van der Waals surface area contributed by atoms with Gasteiger partial charge in [0.05, 0.1) is 18.6 Å². The van der Waals surface area contributed by atoms with Gasteiger partial charge < -0.3 is 4.57 Å². The predicted molar refractivity (Wildman–Crippen MR) is 109 cm³/mol. The zero-order valence-corrected chi connectivity index (χ0v) is 17.2. The molecule has 0 aliphatic carbocycles. The maximum absolute atomic E-state index is 12.3. The highest BCUT2D eigenvalue weighted by Gasteiger charge is 2.22. The maximum Gasteiger partial charge on any atom is 0.295 e. The Balaban J connectivity index is 1.37. The monoisotopic (exact) mass is 397 g/mol. The third-order valence-electron chi connectivity index (χ3n) is 5.74. The molecule has 0 saturated carbocycles. The van der Waals surface area contributed by atoms with Crippen LogP contribution in [0.4, 0.5) is 0 Å². The van der Waals surface area contributed by atoms with E-state index in [9.17, 15) is 9.59 Å². The Hall–Kier alpha value is -2.81. The van der Waals surface area contributed by atoms with Gasteiger partial charge in [0, 0.05) is 32.1 Å². The lowest BCUT2D eigenvalue weighted by Crippen LogP contribution is -2.36. The first kappa shape index (κ1) is 19.5. The van der Waals surface area contributed by atoms with E-state index in [1.165, 1.54) is 4.57 Å². The van der Waals surface area contributed by atoms with Crippen LogP contribution < -0.4 is 11.1 Å². The van der Waals surface area contributed by atoms with E-state index in [1.807, 2.05) is 20.0 Å². The molecule has 4 heterocycles. The van der Waals surface area contributed by atoms with E-state index in [1.54, 1.807) is 34.6 Å². The topological polar surface area (TPSA) is 90.3 Å². The molecule has 0 aromatic carbocycles. The molecule has 0 atom stereocenters. The fourth-order valence-electron chi connectivity index (χ4n) is 3.82. The number of hydrogen-bond acceptors (Lipinski definition) is 6. The molecule has 0 radical (unpaired) electrons. The molecule has 9 heteroatoms. The number of fused-ring (bicyclic) bond motifs is 1. The molecule has 0 N–H and O–H groups in total. The van der Waals surface area contributed by atoms with Gasteiger partial charge in [-0.05, 0) is 37.8 Å². The van der Waals surface area contributed by atoms with Crippen LogP contribution in [-0.2, 0) is 20.1 Å². The number of aryl methyl sites for hydroxylation is 1. The first-order valence-corrected chi connectivity index (χ1v) is 10.1. The standard InChI is InChI=1S/C20H27N7O2/c1-14(2)16-10-18(28)26(13-21-16)11-15-4-6-25(7-5-15)12-17-22-23-19-20(29)24(3)8-9-27(17)19/h8-10,13-15H,4-7,11-12H2,1-3H3. The zero-order chi connectivity index (χ0) is 20.5. The highest BCUT2D eigenvalue weighted by molar-refractivity contribution is 5.34. The molecule has 3 aromatic heterocycles. The number of rotatable bonds is 5. The number of likely N-dealkylation sites (tertiary alicyclic amines) is 1. The van der Waals surface area contributed by atoms with Crippen molar-refractivity contribution < 1.29 is 0 Å². The molecule has 1 aliphatic heterocycles. The Labute approximate surface area is 168 Å². The molecular weight excluding hydrogens is 370 g/mol. The van der Waals surface area contributed by atoms with Gasteiger partial charge in [-0.1, -0.05) is 13.8 Å². The third-order valence-corrected chi connectivity index (χ3v) is 5.74. The Morgan fingerprint density at radius 1 is 1.14 bits per heavy atom. The van der Waals surface area contributed by atoms with Crippen LogP contribution in [0.3, 0.4) is 0 Å². The number of piperidine rings is 1. The van der Waals surface area contributed by atoms with Gasteiger partial charge in [-0.15, -0.1) is 10.2 Å². The highest BCUT2D eigenvalue weighted by atomic mass is 16.1. The molecule has 3 aromatic rings. The normalized spacial score (nSPS) is 16.1. The SMILES string of the molecule is CC(C)c1cc(=O)n(CC2CCN(Cc3nnc4c(=O)n(C)ccn34)CC2)cn1. The molecule has 29 heavy (non-hydrogen) atoms. The van der Waals surface area contributed by atoms with Crippen LogP contribution in [-0.4, -0.2) is 46.7 Å². The van der Waals surface area contributed by atoms with E-state index in [0.717, 1.165) is 37.4 Å². The van der Waals surface area contributed by atoms with E-state index >= 15 is 0 Å². The second-order valence-corrected chi connectivity index (χ2v) is 8.20. The lowest BCUT2D eigenvalue weighted by Gasteiger charge is -2.31. The molecule has 1 saturated heterocycles. The zero-order valence-electron chi connectivity index (χ0n) is 17.2. The summed E-state index contributed by atoms with van der Waals surface area (Å²) in [6.45, 7) is 7.30. The van der Waals surface area contributed by atoms with Crippen molar-refractivity contribution in [2.24, 2.45) is 13.0 Å². The molecule has 154 valence electrons. The first-order chi connectivity index (χ1) is 13.9. The van der Waals surface area contributed by atoms with Crippen LogP contribution >= 0.6 is 0 Å². The Morgan fingerprint density at radius 3 is 2.59 bits per heavy atom. The first-order valence-electron chi connectivity index (χ1n) is 10.1. The minimum absolute atomic E-state index is 0.0302. The molecule has 0 spiro atoms. The molecule has 0 bridgehead atoms. The molecule has 1 aliphatic rings. The molecule has 1 fully saturated rings. The summed E-state index contributed by atoms with van der Waals surface area (Å²) < 4.78 is 5.01. The fourth-order valence-corrected chi connectivity index (χ4v) is 3.82. The lowest BCUT2D eigenvalue weighted by atomic mass is 9.96. The summed E-state index contributed by atoms with van der Waals surface area (Å²) in [4.78, 5) is 31.2. The van der Waals surface area contributed by atoms with E-state index in [0.29, 0.717) is 24.7 Å². The van der Waals surface area contributed by atoms with Gasteiger partial charge in [-0.3, -0.25) is 23.5 Å². The van der Waals surface area contributed by atoms with Crippen molar-refractivity contribution in [3.8, 4) is 0 Å². The van der Waals surface area contributed by atoms with E-state index in [4.69, 9.17) is 0 Å². The van der Waals surface area contributed by atoms with E-state index in [2.05, 4.69) is 20.1 Å². The predicted octanol–water partition coefficient (Wildman–Crippen LogP) is 1.02. The molecule has 4 rings (SSSR count). The van der Waals surface area contributed by atoms with Crippen LogP contribution in [0.25, 0.3) is 5.65 Å². The van der Waals surface area contributed by atoms with Crippen molar-refractivity contribution in [1.29, 1.82) is 0 Å². The summed E-state index contributed by atoms with van der Waals surface area (Å²) in [5.74, 6) is 1.49. The van der Waals surface area contributed by atoms with Crippen molar-refractivity contribution in [1.82, 2.24) is 33.6 Å². The molecule has 0 amide bonds. The summed E-state index contributed by atoms with van der Waals surface area (Å²) in [7, 11) is 1.71. The van der Waals surface area contributed by atoms with Crippen LogP contribution in [0.15, 0.2) is 34.4 Å². The minimum Gasteiger partial charge on any atom is -0.314 e. The quantitative estimate of drug-likeness (QED) is 0.639. The van der Waals surface area contributed by atoms with Gasteiger partial charge in [0.1, 0.15) is 0 Å². The molecule has 0 unspecified atom stereocenters. The van der Waals surface area contributed by atoms with Crippen LogP contribution in [0.2, 0.25) is 0 Å². The van der Waals surface area contributed by atoms with Crippen molar-refractivity contribution in [3.63, 3.8) is 0 Å². The van der Waals surface area contributed by atoms with E-state index in [-0.39, 0.29) is 17.0 Å². The summed E-state index contributed by atoms with van der Waals surface area (Å²) >= 11 is 0. The maximum atomic E-state index is 12.3. The van der Waals surface area contributed by atoms with Gasteiger partial charge >= 0.3 is 0 Å². The summed E-state index contributed by atoms with van der Waals surface area (Å²) in [6, 6.07) is 1.65. The van der Waals surface area contributed by atoms with Crippen molar-refractivity contribution in [2.45, 2.75) is 45.7 Å². The average molecular weight is 397 g/mol.